The van der Waals surface area contributed by atoms with Crippen molar-refractivity contribution in [3.63, 3.8) is 0 Å². The molecule has 0 radical (unpaired) electrons. The van der Waals surface area contributed by atoms with Crippen molar-refractivity contribution in [2.24, 2.45) is 0 Å². The van der Waals surface area contributed by atoms with Crippen LogP contribution in [0.15, 0.2) is 24.3 Å². The second-order valence-corrected chi connectivity index (χ2v) is 7.83. The van der Waals surface area contributed by atoms with Crippen LogP contribution < -0.4 is 4.90 Å². The summed E-state index contributed by atoms with van der Waals surface area (Å²) in [5.74, 6) is 0.540. The number of benzene rings is 1. The first kappa shape index (κ1) is 16.3. The van der Waals surface area contributed by atoms with Crippen LogP contribution in [0, 0.1) is 5.82 Å². The minimum absolute atomic E-state index is 0.0838. The molecule has 3 rings (SSSR count). The number of nitrogens with zero attached hydrogens (tertiary/aromatic N) is 3. The lowest BCUT2D eigenvalue weighted by Crippen LogP contribution is -2.31. The van der Waals surface area contributed by atoms with Gasteiger partial charge in [-0.3, -0.25) is 0 Å². The van der Waals surface area contributed by atoms with Crippen molar-refractivity contribution in [2.45, 2.75) is 51.2 Å². The van der Waals surface area contributed by atoms with Crippen molar-refractivity contribution < 1.29 is 9.50 Å². The molecule has 0 amide bonds. The van der Waals surface area contributed by atoms with Crippen LogP contribution in [-0.4, -0.2) is 27.1 Å². The van der Waals surface area contributed by atoms with E-state index in [-0.39, 0.29) is 11.2 Å². The number of aliphatic hydroxyl groups is 1. The fourth-order valence-electron chi connectivity index (χ4n) is 2.38. The van der Waals surface area contributed by atoms with Gasteiger partial charge in [-0.15, -0.1) is 0 Å². The second-order valence-electron chi connectivity index (χ2n) is 7.10. The van der Waals surface area contributed by atoms with Crippen molar-refractivity contribution >= 4 is 16.7 Å². The van der Waals surface area contributed by atoms with Crippen LogP contribution >= 0.6 is 11.5 Å². The van der Waals surface area contributed by atoms with Crippen molar-refractivity contribution in [1.29, 1.82) is 0 Å². The molecule has 0 bridgehead atoms. The summed E-state index contributed by atoms with van der Waals surface area (Å²) in [7, 11) is 0. The zero-order valence-corrected chi connectivity index (χ0v) is 14.5. The van der Waals surface area contributed by atoms with E-state index in [2.05, 4.69) is 35.0 Å². The number of halogens is 1. The van der Waals surface area contributed by atoms with E-state index in [0.717, 1.165) is 29.4 Å². The third kappa shape index (κ3) is 3.87. The summed E-state index contributed by atoms with van der Waals surface area (Å²) in [6.45, 7) is 6.73. The molecule has 1 atom stereocenters. The molecule has 1 fully saturated rings. The minimum Gasteiger partial charge on any atom is -0.387 e. The lowest BCUT2D eigenvalue weighted by Gasteiger charge is -2.24. The van der Waals surface area contributed by atoms with E-state index in [1.807, 2.05) is 0 Å². The number of hydrogen-bond donors (Lipinski definition) is 1. The van der Waals surface area contributed by atoms with Gasteiger partial charge in [0.15, 0.2) is 0 Å². The van der Waals surface area contributed by atoms with Gasteiger partial charge in [0.2, 0.25) is 5.13 Å². The average molecular weight is 335 g/mol. The van der Waals surface area contributed by atoms with Gasteiger partial charge in [-0.05, 0) is 30.5 Å². The molecular formula is C17H22FN3OS. The molecule has 1 N–H and O–H groups in total. The molecule has 4 nitrogen and oxygen atoms in total. The predicted octanol–water partition coefficient (Wildman–Crippen LogP) is 3.68. The highest BCUT2D eigenvalue weighted by Gasteiger charge is 2.33. The molecule has 1 heterocycles. The number of rotatable bonds is 5. The van der Waals surface area contributed by atoms with Crippen LogP contribution in [-0.2, 0) is 5.41 Å². The maximum absolute atomic E-state index is 13.0. The molecule has 1 aliphatic carbocycles. The standard InChI is InChI=1S/C17H22FN3OS/c1-17(2,3)15-19-16(23-20-15)21(13-8-9-13)10-14(22)11-4-6-12(18)7-5-11/h4-7,13-14,22H,8-10H2,1-3H3. The maximum Gasteiger partial charge on any atom is 0.205 e. The minimum atomic E-state index is -0.668. The maximum atomic E-state index is 13.0. The van der Waals surface area contributed by atoms with Gasteiger partial charge in [0.05, 0.1) is 12.6 Å². The quantitative estimate of drug-likeness (QED) is 0.905. The van der Waals surface area contributed by atoms with Gasteiger partial charge in [-0.25, -0.2) is 9.37 Å². The fraction of sp³-hybridized carbons (Fsp3) is 0.529. The van der Waals surface area contributed by atoms with Crippen LogP contribution in [0.2, 0.25) is 0 Å². The number of aromatic nitrogens is 2. The normalized spacial score (nSPS) is 16.4. The van der Waals surface area contributed by atoms with Gasteiger partial charge in [0, 0.05) is 23.0 Å². The van der Waals surface area contributed by atoms with E-state index < -0.39 is 6.10 Å². The fourth-order valence-corrected chi connectivity index (χ4v) is 3.32. The highest BCUT2D eigenvalue weighted by molar-refractivity contribution is 7.09. The average Bonchev–Trinajstić information content (AvgIpc) is 3.19. The van der Waals surface area contributed by atoms with E-state index >= 15 is 0 Å². The largest absolute Gasteiger partial charge is 0.387 e. The molecule has 1 unspecified atom stereocenters. The molecule has 23 heavy (non-hydrogen) atoms. The molecule has 0 aliphatic heterocycles. The van der Waals surface area contributed by atoms with E-state index in [1.165, 1.54) is 23.7 Å². The predicted molar refractivity (Wildman–Crippen MR) is 90.3 cm³/mol. The Balaban J connectivity index is 1.77. The molecule has 0 saturated heterocycles. The Kier molecular flexibility index (Phi) is 4.38. The van der Waals surface area contributed by atoms with Gasteiger partial charge < -0.3 is 10.0 Å². The van der Waals surface area contributed by atoms with Crippen LogP contribution in [0.25, 0.3) is 0 Å². The van der Waals surface area contributed by atoms with Crippen molar-refractivity contribution in [3.8, 4) is 0 Å². The first-order chi connectivity index (χ1) is 10.8. The number of aliphatic hydroxyl groups excluding tert-OH is 1. The number of hydrogen-bond acceptors (Lipinski definition) is 5. The third-order valence-corrected chi connectivity index (χ3v) is 4.70. The molecule has 124 valence electrons. The molecule has 2 aromatic rings. The summed E-state index contributed by atoms with van der Waals surface area (Å²) in [6.07, 6.45) is 1.56. The molecule has 6 heteroatoms. The van der Waals surface area contributed by atoms with Gasteiger partial charge in [-0.1, -0.05) is 32.9 Å². The van der Waals surface area contributed by atoms with Gasteiger partial charge in [0.1, 0.15) is 11.6 Å². The van der Waals surface area contributed by atoms with Gasteiger partial charge in [0.25, 0.3) is 0 Å². The molecule has 1 aliphatic rings. The summed E-state index contributed by atoms with van der Waals surface area (Å²) in [5.41, 5.74) is 0.636. The van der Waals surface area contributed by atoms with Crippen LogP contribution in [0.5, 0.6) is 0 Å². The topological polar surface area (TPSA) is 49.2 Å². The van der Waals surface area contributed by atoms with Gasteiger partial charge >= 0.3 is 0 Å². The zero-order valence-electron chi connectivity index (χ0n) is 13.7. The Labute approximate surface area is 140 Å². The van der Waals surface area contributed by atoms with E-state index in [9.17, 15) is 9.50 Å². The van der Waals surface area contributed by atoms with Gasteiger partial charge in [-0.2, -0.15) is 4.37 Å². The summed E-state index contributed by atoms with van der Waals surface area (Å²) < 4.78 is 17.5. The van der Waals surface area contributed by atoms with E-state index in [4.69, 9.17) is 0 Å². The Morgan fingerprint density at radius 3 is 2.48 bits per heavy atom. The van der Waals surface area contributed by atoms with E-state index in [1.54, 1.807) is 12.1 Å². The second kappa shape index (κ2) is 6.17. The first-order valence-electron chi connectivity index (χ1n) is 7.89. The Bertz CT molecular complexity index is 661. The summed E-state index contributed by atoms with van der Waals surface area (Å²) in [6, 6.07) is 6.44. The summed E-state index contributed by atoms with van der Waals surface area (Å²) >= 11 is 1.39. The monoisotopic (exact) mass is 335 g/mol. The summed E-state index contributed by atoms with van der Waals surface area (Å²) in [5, 5.41) is 11.3. The van der Waals surface area contributed by atoms with Crippen LogP contribution in [0.4, 0.5) is 9.52 Å². The highest BCUT2D eigenvalue weighted by Crippen LogP contribution is 2.35. The molecule has 1 aromatic carbocycles. The number of anilines is 1. The zero-order chi connectivity index (χ0) is 16.6. The van der Waals surface area contributed by atoms with Crippen molar-refractivity contribution in [2.75, 3.05) is 11.4 Å². The van der Waals surface area contributed by atoms with Crippen molar-refractivity contribution in [3.05, 3.63) is 41.5 Å². The lowest BCUT2D eigenvalue weighted by atomic mass is 9.96. The lowest BCUT2D eigenvalue weighted by molar-refractivity contribution is 0.182. The van der Waals surface area contributed by atoms with E-state index in [0.29, 0.717) is 12.6 Å². The SMILES string of the molecule is CC(C)(C)c1nsc(N(CC(O)c2ccc(F)cc2)C2CC2)n1. The third-order valence-electron chi connectivity index (χ3n) is 3.94. The Morgan fingerprint density at radius 1 is 1.30 bits per heavy atom. The Hall–Kier alpha value is -1.53. The Morgan fingerprint density at radius 2 is 1.96 bits per heavy atom. The first-order valence-corrected chi connectivity index (χ1v) is 8.66. The summed E-state index contributed by atoms with van der Waals surface area (Å²) in [4.78, 5) is 6.81. The smallest absolute Gasteiger partial charge is 0.205 e. The molecule has 1 saturated carbocycles. The molecule has 0 spiro atoms. The molecular weight excluding hydrogens is 313 g/mol. The highest BCUT2D eigenvalue weighted by atomic mass is 32.1. The van der Waals surface area contributed by atoms with Crippen LogP contribution in [0.1, 0.15) is 51.1 Å². The molecule has 1 aromatic heterocycles. The van der Waals surface area contributed by atoms with Crippen LogP contribution in [0.3, 0.4) is 0 Å². The van der Waals surface area contributed by atoms with Crippen molar-refractivity contribution in [1.82, 2.24) is 9.36 Å².